The monoisotopic (exact) mass is 415 g/mol. The SMILES string of the molecule is COCc1cc(C)n2nc(SC)c(S(=O)(=O)c3ccc(F)c(Cl)c3)c2n1. The van der Waals surface area contributed by atoms with Crippen LogP contribution in [0.4, 0.5) is 4.39 Å². The van der Waals surface area contributed by atoms with Crippen LogP contribution in [0.5, 0.6) is 0 Å². The van der Waals surface area contributed by atoms with E-state index in [0.717, 1.165) is 17.8 Å². The molecule has 2 heterocycles. The van der Waals surface area contributed by atoms with E-state index in [1.807, 2.05) is 0 Å². The molecule has 2 aromatic heterocycles. The average Bonchev–Trinajstić information content (AvgIpc) is 2.97. The second-order valence-corrected chi connectivity index (χ2v) is 8.56. The number of thioether (sulfide) groups is 1. The van der Waals surface area contributed by atoms with Crippen LogP contribution < -0.4 is 0 Å². The van der Waals surface area contributed by atoms with Crippen molar-refractivity contribution in [1.29, 1.82) is 0 Å². The summed E-state index contributed by atoms with van der Waals surface area (Å²) in [5.41, 5.74) is 1.50. The summed E-state index contributed by atoms with van der Waals surface area (Å²) in [5, 5.41) is 4.39. The predicted molar refractivity (Wildman–Crippen MR) is 97.1 cm³/mol. The zero-order chi connectivity index (χ0) is 19.1. The minimum absolute atomic E-state index is 0.0336. The molecule has 0 fully saturated rings. The first-order valence-electron chi connectivity index (χ1n) is 7.42. The van der Waals surface area contributed by atoms with Gasteiger partial charge in [0.25, 0.3) is 0 Å². The molecule has 10 heteroatoms. The Morgan fingerprint density at radius 1 is 1.35 bits per heavy atom. The molecule has 0 saturated heterocycles. The number of benzene rings is 1. The van der Waals surface area contributed by atoms with Crippen LogP contribution in [-0.4, -0.2) is 36.4 Å². The van der Waals surface area contributed by atoms with E-state index in [1.165, 1.54) is 29.5 Å². The third kappa shape index (κ3) is 3.20. The van der Waals surface area contributed by atoms with Crippen LogP contribution in [0.2, 0.25) is 5.02 Å². The topological polar surface area (TPSA) is 73.6 Å². The van der Waals surface area contributed by atoms with E-state index in [1.54, 1.807) is 19.2 Å². The minimum atomic E-state index is -4.01. The summed E-state index contributed by atoms with van der Waals surface area (Å²) in [4.78, 5) is 4.25. The van der Waals surface area contributed by atoms with E-state index in [0.29, 0.717) is 10.7 Å². The summed E-state index contributed by atoms with van der Waals surface area (Å²) >= 11 is 6.96. The highest BCUT2D eigenvalue weighted by Gasteiger charge is 2.29. The first-order valence-corrected chi connectivity index (χ1v) is 10.5. The van der Waals surface area contributed by atoms with Gasteiger partial charge in [-0.2, -0.15) is 5.10 Å². The quantitative estimate of drug-likeness (QED) is 0.469. The van der Waals surface area contributed by atoms with E-state index in [-0.39, 0.29) is 27.1 Å². The zero-order valence-corrected chi connectivity index (χ0v) is 16.5. The molecule has 138 valence electrons. The molecule has 0 aliphatic carbocycles. The Morgan fingerprint density at radius 3 is 2.69 bits per heavy atom. The lowest BCUT2D eigenvalue weighted by atomic mass is 10.3. The number of hydrogen-bond acceptors (Lipinski definition) is 6. The summed E-state index contributed by atoms with van der Waals surface area (Å²) < 4.78 is 46.4. The van der Waals surface area contributed by atoms with Crippen molar-refractivity contribution in [2.24, 2.45) is 0 Å². The summed E-state index contributed by atoms with van der Waals surface area (Å²) in [7, 11) is -2.48. The fourth-order valence-electron chi connectivity index (χ4n) is 2.54. The van der Waals surface area contributed by atoms with Gasteiger partial charge < -0.3 is 4.74 Å². The van der Waals surface area contributed by atoms with E-state index in [9.17, 15) is 12.8 Å². The summed E-state index contributed by atoms with van der Waals surface area (Å²) in [6.45, 7) is 2.04. The first-order chi connectivity index (χ1) is 12.3. The van der Waals surface area contributed by atoms with Crippen molar-refractivity contribution in [1.82, 2.24) is 14.6 Å². The molecule has 3 rings (SSSR count). The number of sulfone groups is 1. The predicted octanol–water partition coefficient (Wildman–Crippen LogP) is 3.53. The van der Waals surface area contributed by atoms with Gasteiger partial charge in [-0.1, -0.05) is 11.6 Å². The normalized spacial score (nSPS) is 12.0. The Labute approximate surface area is 159 Å². The van der Waals surface area contributed by atoms with Gasteiger partial charge in [-0.15, -0.1) is 11.8 Å². The van der Waals surface area contributed by atoms with E-state index >= 15 is 0 Å². The van der Waals surface area contributed by atoms with Gasteiger partial charge in [0.05, 0.1) is 22.2 Å². The van der Waals surface area contributed by atoms with Crippen molar-refractivity contribution in [2.75, 3.05) is 13.4 Å². The second kappa shape index (κ2) is 7.15. The van der Waals surface area contributed by atoms with Crippen LogP contribution >= 0.6 is 23.4 Å². The number of methoxy groups -OCH3 is 1. The third-order valence-electron chi connectivity index (χ3n) is 3.70. The highest BCUT2D eigenvalue weighted by Crippen LogP contribution is 2.34. The maximum Gasteiger partial charge on any atom is 0.213 e. The maximum atomic E-state index is 13.4. The van der Waals surface area contributed by atoms with Crippen LogP contribution in [0, 0.1) is 12.7 Å². The number of aryl methyl sites for hydroxylation is 1. The van der Waals surface area contributed by atoms with Gasteiger partial charge in [0.1, 0.15) is 10.8 Å². The van der Waals surface area contributed by atoms with Crippen molar-refractivity contribution in [3.8, 4) is 0 Å². The number of hydrogen-bond donors (Lipinski definition) is 0. The van der Waals surface area contributed by atoms with Gasteiger partial charge in [-0.3, -0.25) is 0 Å². The number of ether oxygens (including phenoxy) is 1. The van der Waals surface area contributed by atoms with Crippen LogP contribution in [-0.2, 0) is 21.2 Å². The highest BCUT2D eigenvalue weighted by atomic mass is 35.5. The Hall–Kier alpha value is -1.68. The lowest BCUT2D eigenvalue weighted by molar-refractivity contribution is 0.181. The zero-order valence-electron chi connectivity index (χ0n) is 14.2. The van der Waals surface area contributed by atoms with Crippen LogP contribution in [0.3, 0.4) is 0 Å². The molecule has 0 radical (unpaired) electrons. The molecule has 6 nitrogen and oxygen atoms in total. The third-order valence-corrected chi connectivity index (χ3v) is 6.58. The summed E-state index contributed by atoms with van der Waals surface area (Å²) in [6.07, 6.45) is 1.73. The van der Waals surface area contributed by atoms with E-state index < -0.39 is 15.7 Å². The molecular weight excluding hydrogens is 401 g/mol. The van der Waals surface area contributed by atoms with Gasteiger partial charge in [0.15, 0.2) is 10.5 Å². The fraction of sp³-hybridized carbons (Fsp3) is 0.250. The molecule has 26 heavy (non-hydrogen) atoms. The van der Waals surface area contributed by atoms with Crippen molar-refractivity contribution in [3.05, 3.63) is 46.5 Å². The highest BCUT2D eigenvalue weighted by molar-refractivity contribution is 7.99. The molecule has 3 aromatic rings. The molecule has 0 bridgehead atoms. The largest absolute Gasteiger partial charge is 0.378 e. The number of aromatic nitrogens is 3. The van der Waals surface area contributed by atoms with Gasteiger partial charge in [-0.05, 0) is 37.4 Å². The molecule has 0 atom stereocenters. The lowest BCUT2D eigenvalue weighted by Crippen LogP contribution is -2.06. The fourth-order valence-corrected chi connectivity index (χ4v) is 5.21. The molecule has 0 saturated carbocycles. The molecule has 0 N–H and O–H groups in total. The summed E-state index contributed by atoms with van der Waals surface area (Å²) in [6, 6.07) is 5.06. The number of halogens is 2. The number of rotatable bonds is 5. The molecule has 0 aliphatic heterocycles. The second-order valence-electron chi connectivity index (χ2n) is 5.48. The lowest BCUT2D eigenvalue weighted by Gasteiger charge is -2.07. The van der Waals surface area contributed by atoms with Gasteiger partial charge in [0.2, 0.25) is 9.84 Å². The van der Waals surface area contributed by atoms with Crippen LogP contribution in [0.1, 0.15) is 11.4 Å². The molecule has 0 unspecified atom stereocenters. The van der Waals surface area contributed by atoms with Crippen molar-refractivity contribution in [3.63, 3.8) is 0 Å². The Balaban J connectivity index is 2.32. The van der Waals surface area contributed by atoms with E-state index in [2.05, 4.69) is 10.1 Å². The maximum absolute atomic E-state index is 13.4. The molecule has 1 aromatic carbocycles. The van der Waals surface area contributed by atoms with Gasteiger partial charge in [-0.25, -0.2) is 22.3 Å². The van der Waals surface area contributed by atoms with Crippen molar-refractivity contribution in [2.45, 2.75) is 28.3 Å². The van der Waals surface area contributed by atoms with Gasteiger partial charge in [0, 0.05) is 12.8 Å². The van der Waals surface area contributed by atoms with Crippen LogP contribution in [0.25, 0.3) is 5.65 Å². The Bertz CT molecular complexity index is 1100. The van der Waals surface area contributed by atoms with Crippen molar-refractivity contribution >= 4 is 38.8 Å². The smallest absolute Gasteiger partial charge is 0.213 e. The standard InChI is InChI=1S/C16H15ClFN3O3S2/c1-9-6-10(8-24-2)19-15-14(16(25-3)20-21(9)15)26(22,23)11-4-5-13(18)12(17)7-11/h4-7H,8H2,1-3H3. The molecule has 0 spiro atoms. The first kappa shape index (κ1) is 19.1. The van der Waals surface area contributed by atoms with Crippen molar-refractivity contribution < 1.29 is 17.5 Å². The molecular formula is C16H15ClFN3O3S2. The number of fused-ring (bicyclic) bond motifs is 1. The Kier molecular flexibility index (Phi) is 5.25. The molecule has 0 aliphatic rings. The molecule has 0 amide bonds. The minimum Gasteiger partial charge on any atom is -0.378 e. The van der Waals surface area contributed by atoms with Gasteiger partial charge >= 0.3 is 0 Å². The van der Waals surface area contributed by atoms with Crippen LogP contribution in [0.15, 0.2) is 39.1 Å². The number of nitrogens with zero attached hydrogens (tertiary/aromatic N) is 3. The van der Waals surface area contributed by atoms with E-state index in [4.69, 9.17) is 16.3 Å². The Morgan fingerprint density at radius 2 is 2.08 bits per heavy atom. The average molecular weight is 416 g/mol. The summed E-state index contributed by atoms with van der Waals surface area (Å²) in [5.74, 6) is -0.688.